The molecule has 2 heteroatoms. The second-order valence-electron chi connectivity index (χ2n) is 15.1. The zero-order chi connectivity index (χ0) is 39.0. The number of aryl methyl sites for hydroxylation is 1. The maximum absolute atomic E-state index is 4.16. The Labute approximate surface area is 332 Å². The van der Waals surface area contributed by atoms with Crippen LogP contribution < -0.4 is 4.90 Å². The summed E-state index contributed by atoms with van der Waals surface area (Å²) in [5, 5.41) is 2.44. The van der Waals surface area contributed by atoms with E-state index in [0.29, 0.717) is 0 Å². The predicted octanol–water partition coefficient (Wildman–Crippen LogP) is 15.0. The summed E-state index contributed by atoms with van der Waals surface area (Å²) < 4.78 is 2.39. The van der Waals surface area contributed by atoms with Crippen LogP contribution in [-0.2, 0) is 5.41 Å². The van der Waals surface area contributed by atoms with E-state index < -0.39 is 0 Å². The van der Waals surface area contributed by atoms with Crippen molar-refractivity contribution in [1.82, 2.24) is 4.57 Å². The van der Waals surface area contributed by atoms with Crippen LogP contribution in [0, 0.1) is 6.92 Å². The monoisotopic (exact) mass is 724 g/mol. The van der Waals surface area contributed by atoms with E-state index in [-0.39, 0.29) is 5.41 Å². The molecule has 0 saturated carbocycles. The summed E-state index contributed by atoms with van der Waals surface area (Å²) in [5.41, 5.74) is 17.8. The highest BCUT2D eigenvalue weighted by molar-refractivity contribution is 6.11. The molecule has 0 atom stereocenters. The van der Waals surface area contributed by atoms with Gasteiger partial charge >= 0.3 is 0 Å². The van der Waals surface area contributed by atoms with Gasteiger partial charge in [-0.05, 0) is 138 Å². The van der Waals surface area contributed by atoms with Gasteiger partial charge in [-0.25, -0.2) is 0 Å². The number of fused-ring (bicyclic) bond motifs is 4. The maximum atomic E-state index is 4.16. The van der Waals surface area contributed by atoms with Crippen LogP contribution in [0.4, 0.5) is 11.4 Å². The lowest BCUT2D eigenvalue weighted by Crippen LogP contribution is -2.16. The predicted molar refractivity (Wildman–Crippen MR) is 243 cm³/mol. The molecular weight excluding hydrogens is 677 g/mol. The molecule has 1 aliphatic carbocycles. The molecule has 0 saturated heterocycles. The first-order valence-electron chi connectivity index (χ1n) is 19.5. The third-order valence-corrected chi connectivity index (χ3v) is 11.2. The van der Waals surface area contributed by atoms with Gasteiger partial charge in [-0.15, -0.1) is 0 Å². The molecule has 0 bridgehead atoms. The van der Waals surface area contributed by atoms with Gasteiger partial charge in [0.1, 0.15) is 0 Å². The Bertz CT molecular complexity index is 2750. The van der Waals surface area contributed by atoms with Gasteiger partial charge in [0.2, 0.25) is 0 Å². The van der Waals surface area contributed by atoms with E-state index >= 15 is 0 Å². The van der Waals surface area contributed by atoms with E-state index in [1.807, 2.05) is 12.2 Å². The van der Waals surface area contributed by atoms with Crippen molar-refractivity contribution in [2.75, 3.05) is 4.90 Å². The van der Waals surface area contributed by atoms with Crippen molar-refractivity contribution in [2.45, 2.75) is 40.0 Å². The van der Waals surface area contributed by atoms with E-state index in [9.17, 15) is 0 Å². The van der Waals surface area contributed by atoms with Gasteiger partial charge in [0.15, 0.2) is 0 Å². The molecule has 274 valence electrons. The fourth-order valence-corrected chi connectivity index (χ4v) is 8.51. The highest BCUT2D eigenvalue weighted by Crippen LogP contribution is 2.48. The van der Waals surface area contributed by atoms with Crippen LogP contribution in [0.5, 0.6) is 0 Å². The van der Waals surface area contributed by atoms with Crippen molar-refractivity contribution >= 4 is 38.8 Å². The smallest absolute Gasteiger partial charge is 0.0542 e. The SMILES string of the molecule is C=C/C=C(\C=C/C)N(c1ccc(-c2ccc3c(c2)C(C)(C)C(/C=C\C)=C3C=C)cc1)c1ccc2c(c1)c1cc(C)ccc1n2-c1ccc(-c2ccccc2)cc1. The van der Waals surface area contributed by atoms with E-state index in [4.69, 9.17) is 0 Å². The largest absolute Gasteiger partial charge is 0.310 e. The van der Waals surface area contributed by atoms with Gasteiger partial charge in [0, 0.05) is 38.9 Å². The van der Waals surface area contributed by atoms with E-state index in [1.165, 1.54) is 71.9 Å². The molecule has 1 aliphatic rings. The zero-order valence-corrected chi connectivity index (χ0v) is 33.1. The minimum absolute atomic E-state index is 0.110. The van der Waals surface area contributed by atoms with E-state index in [2.05, 4.69) is 221 Å². The lowest BCUT2D eigenvalue weighted by Gasteiger charge is -2.27. The molecule has 0 spiro atoms. The molecule has 0 N–H and O–H groups in total. The number of nitrogens with zero attached hydrogens (tertiary/aromatic N) is 2. The van der Waals surface area contributed by atoms with Gasteiger partial charge in [-0.1, -0.05) is 136 Å². The van der Waals surface area contributed by atoms with Crippen LogP contribution in [0.1, 0.15) is 44.4 Å². The van der Waals surface area contributed by atoms with Crippen molar-refractivity contribution in [3.05, 3.63) is 217 Å². The number of hydrogen-bond acceptors (Lipinski definition) is 1. The Morgan fingerprint density at radius 1 is 0.643 bits per heavy atom. The second kappa shape index (κ2) is 14.9. The summed E-state index contributed by atoms with van der Waals surface area (Å²) in [6.07, 6.45) is 14.5. The third-order valence-electron chi connectivity index (χ3n) is 11.2. The normalized spacial score (nSPS) is 14.0. The zero-order valence-electron chi connectivity index (χ0n) is 33.1. The fraction of sp³-hybridized carbons (Fsp3) is 0.111. The van der Waals surface area contributed by atoms with Crippen molar-refractivity contribution in [2.24, 2.45) is 0 Å². The quantitative estimate of drug-likeness (QED) is 0.128. The topological polar surface area (TPSA) is 8.17 Å². The van der Waals surface area contributed by atoms with Crippen molar-refractivity contribution < 1.29 is 0 Å². The number of benzene rings is 6. The summed E-state index contributed by atoms with van der Waals surface area (Å²) in [5.74, 6) is 0. The maximum Gasteiger partial charge on any atom is 0.0542 e. The summed E-state index contributed by atoms with van der Waals surface area (Å²) in [6, 6.07) is 48.9. The molecule has 7 aromatic rings. The summed E-state index contributed by atoms with van der Waals surface area (Å²) in [6.45, 7) is 19.2. The van der Waals surface area contributed by atoms with Crippen LogP contribution in [0.3, 0.4) is 0 Å². The molecule has 0 unspecified atom stereocenters. The molecule has 8 rings (SSSR count). The lowest BCUT2D eigenvalue weighted by atomic mass is 9.80. The fourth-order valence-electron chi connectivity index (χ4n) is 8.51. The van der Waals surface area contributed by atoms with Gasteiger partial charge in [-0.3, -0.25) is 0 Å². The summed E-state index contributed by atoms with van der Waals surface area (Å²) in [4.78, 5) is 2.33. The van der Waals surface area contributed by atoms with Crippen LogP contribution in [0.15, 0.2) is 200 Å². The molecule has 6 aromatic carbocycles. The Morgan fingerprint density at radius 3 is 1.95 bits per heavy atom. The van der Waals surface area contributed by atoms with Gasteiger partial charge in [0.05, 0.1) is 11.0 Å². The minimum atomic E-state index is -0.110. The summed E-state index contributed by atoms with van der Waals surface area (Å²) in [7, 11) is 0. The number of allylic oxidation sites excluding steroid dienone is 9. The molecular formula is C54H48N2. The van der Waals surface area contributed by atoms with Crippen LogP contribution in [-0.4, -0.2) is 4.57 Å². The molecule has 0 radical (unpaired) electrons. The van der Waals surface area contributed by atoms with E-state index in [1.54, 1.807) is 0 Å². The Hall–Kier alpha value is -6.64. The molecule has 1 aromatic heterocycles. The first kappa shape index (κ1) is 36.3. The molecule has 56 heavy (non-hydrogen) atoms. The highest BCUT2D eigenvalue weighted by atomic mass is 15.1. The first-order chi connectivity index (χ1) is 27.3. The van der Waals surface area contributed by atoms with Gasteiger partial charge in [0.25, 0.3) is 0 Å². The Balaban J connectivity index is 1.22. The van der Waals surface area contributed by atoms with Crippen LogP contribution in [0.25, 0.3) is 55.3 Å². The van der Waals surface area contributed by atoms with Crippen molar-refractivity contribution in [3.63, 3.8) is 0 Å². The highest BCUT2D eigenvalue weighted by Gasteiger charge is 2.35. The standard InChI is InChI=1S/C54H48N2/c1-8-15-42(16-9-2)55(43-26-23-40(24-27-43)41-25-31-47-46(11-4)50(17-10-3)54(6,7)51(47)35-41)45-30-33-53-49(36-45)48-34-37(5)20-32-52(48)56(53)44-28-21-39(22-29-44)38-18-13-12-14-19-38/h8-36H,1,4H2,2-3,5-7H3/b16-9-,17-10-,42-15+. The van der Waals surface area contributed by atoms with Crippen molar-refractivity contribution in [3.8, 4) is 27.9 Å². The number of hydrogen-bond donors (Lipinski definition) is 0. The molecule has 0 amide bonds. The molecule has 0 fully saturated rings. The minimum Gasteiger partial charge on any atom is -0.310 e. The molecule has 0 aliphatic heterocycles. The Morgan fingerprint density at radius 2 is 1.27 bits per heavy atom. The lowest BCUT2D eigenvalue weighted by molar-refractivity contribution is 0.654. The number of anilines is 2. The molecule has 2 nitrogen and oxygen atoms in total. The van der Waals surface area contributed by atoms with E-state index in [0.717, 1.165) is 22.8 Å². The van der Waals surface area contributed by atoms with Crippen LogP contribution >= 0.6 is 0 Å². The van der Waals surface area contributed by atoms with Crippen LogP contribution in [0.2, 0.25) is 0 Å². The summed E-state index contributed by atoms with van der Waals surface area (Å²) >= 11 is 0. The third kappa shape index (κ3) is 6.28. The number of rotatable bonds is 10. The van der Waals surface area contributed by atoms with Crippen molar-refractivity contribution in [1.29, 1.82) is 0 Å². The first-order valence-corrected chi connectivity index (χ1v) is 19.5. The average molecular weight is 725 g/mol. The number of aromatic nitrogens is 1. The second-order valence-corrected chi connectivity index (χ2v) is 15.1. The van der Waals surface area contributed by atoms with Gasteiger partial charge in [-0.2, -0.15) is 0 Å². The Kier molecular flexibility index (Phi) is 9.66. The molecule has 1 heterocycles. The van der Waals surface area contributed by atoms with Gasteiger partial charge < -0.3 is 9.47 Å². The average Bonchev–Trinajstić information content (AvgIpc) is 3.65.